The molecule has 8 heteroatoms. The Morgan fingerprint density at radius 3 is 2.56 bits per heavy atom. The second-order valence-electron chi connectivity index (χ2n) is 5.54. The number of anilines is 2. The van der Waals surface area contributed by atoms with Gasteiger partial charge in [0.25, 0.3) is 5.91 Å². The lowest BCUT2D eigenvalue weighted by molar-refractivity contribution is 0.102. The van der Waals surface area contributed by atoms with Crippen molar-refractivity contribution in [2.45, 2.75) is 19.8 Å². The van der Waals surface area contributed by atoms with Crippen LogP contribution in [0.15, 0.2) is 30.3 Å². The summed E-state index contributed by atoms with van der Waals surface area (Å²) in [5, 5.41) is 2.78. The number of hydrogen-bond donors (Lipinski definition) is 1. The van der Waals surface area contributed by atoms with Crippen molar-refractivity contribution in [1.29, 1.82) is 0 Å². The highest BCUT2D eigenvalue weighted by Gasteiger charge is 2.17. The number of carbonyl (C=O) groups excluding carboxylic acids is 1. The maximum absolute atomic E-state index is 12.3. The molecule has 2 aromatic rings. The van der Waals surface area contributed by atoms with Gasteiger partial charge in [-0.15, -0.1) is 12.4 Å². The summed E-state index contributed by atoms with van der Waals surface area (Å²) < 4.78 is 5.37. The predicted octanol–water partition coefficient (Wildman–Crippen LogP) is 2.33. The fourth-order valence-electron chi connectivity index (χ4n) is 2.47. The van der Waals surface area contributed by atoms with Crippen LogP contribution < -0.4 is 10.2 Å². The van der Waals surface area contributed by atoms with Crippen LogP contribution in [0.2, 0.25) is 0 Å². The number of amides is 1. The Morgan fingerprint density at radius 2 is 1.88 bits per heavy atom. The minimum atomic E-state index is -0.225. The maximum atomic E-state index is 12.3. The fourth-order valence-corrected chi connectivity index (χ4v) is 2.47. The molecule has 1 N–H and O–H groups in total. The molecule has 7 nitrogen and oxygen atoms in total. The van der Waals surface area contributed by atoms with Crippen LogP contribution in [0.1, 0.15) is 29.5 Å². The van der Waals surface area contributed by atoms with Crippen molar-refractivity contribution in [3.05, 3.63) is 41.7 Å². The molecule has 1 aliphatic rings. The molecule has 2 heterocycles. The van der Waals surface area contributed by atoms with E-state index in [1.165, 1.54) is 0 Å². The summed E-state index contributed by atoms with van der Waals surface area (Å²) in [6.45, 7) is 4.85. The molecule has 0 atom stereocenters. The third-order valence-electron chi connectivity index (χ3n) is 3.70. The van der Waals surface area contributed by atoms with E-state index < -0.39 is 0 Å². The van der Waals surface area contributed by atoms with Gasteiger partial charge in [0.2, 0.25) is 11.9 Å². The third kappa shape index (κ3) is 5.11. The Hall–Kier alpha value is -2.25. The van der Waals surface area contributed by atoms with Crippen molar-refractivity contribution in [3.8, 4) is 0 Å². The van der Waals surface area contributed by atoms with E-state index in [1.54, 1.807) is 12.1 Å². The normalized spacial score (nSPS) is 13.9. The predicted molar refractivity (Wildman–Crippen MR) is 98.5 cm³/mol. The molecule has 25 heavy (non-hydrogen) atoms. The quantitative estimate of drug-likeness (QED) is 0.878. The number of nitrogens with zero attached hydrogens (tertiary/aromatic N) is 4. The summed E-state index contributed by atoms with van der Waals surface area (Å²) in [7, 11) is 0. The van der Waals surface area contributed by atoms with E-state index in [2.05, 4.69) is 32.1 Å². The molecule has 0 aliphatic carbocycles. The second-order valence-corrected chi connectivity index (χ2v) is 5.54. The van der Waals surface area contributed by atoms with Crippen molar-refractivity contribution in [2.75, 3.05) is 36.5 Å². The minimum Gasteiger partial charge on any atom is -0.378 e. The van der Waals surface area contributed by atoms with Gasteiger partial charge in [0.05, 0.1) is 13.2 Å². The first-order valence-corrected chi connectivity index (χ1v) is 8.20. The van der Waals surface area contributed by atoms with Crippen LogP contribution in [0.4, 0.5) is 11.9 Å². The summed E-state index contributed by atoms with van der Waals surface area (Å²) in [6.07, 6.45) is 1.67. The Labute approximate surface area is 153 Å². The topological polar surface area (TPSA) is 80.2 Å². The molecule has 1 saturated heterocycles. The van der Waals surface area contributed by atoms with Crippen molar-refractivity contribution < 1.29 is 9.53 Å². The fraction of sp³-hybridized carbons (Fsp3) is 0.412. The van der Waals surface area contributed by atoms with Crippen molar-refractivity contribution in [3.63, 3.8) is 0 Å². The molecule has 0 unspecified atom stereocenters. The van der Waals surface area contributed by atoms with Gasteiger partial charge >= 0.3 is 0 Å². The van der Waals surface area contributed by atoms with Gasteiger partial charge in [-0.1, -0.05) is 25.1 Å². The van der Waals surface area contributed by atoms with Crippen molar-refractivity contribution >= 4 is 30.2 Å². The number of halogens is 1. The molecule has 0 radical (unpaired) electrons. The Kier molecular flexibility index (Phi) is 7.09. The van der Waals surface area contributed by atoms with Crippen LogP contribution in [0, 0.1) is 0 Å². The molecular weight excluding hydrogens is 342 g/mol. The van der Waals surface area contributed by atoms with Gasteiger partial charge < -0.3 is 9.64 Å². The Balaban J connectivity index is 0.00000225. The van der Waals surface area contributed by atoms with Crippen molar-refractivity contribution in [2.24, 2.45) is 0 Å². The zero-order chi connectivity index (χ0) is 16.8. The lowest BCUT2D eigenvalue weighted by Crippen LogP contribution is -2.37. The van der Waals surface area contributed by atoms with Gasteiger partial charge in [0.15, 0.2) is 0 Å². The summed E-state index contributed by atoms with van der Waals surface area (Å²) in [5.74, 6) is 1.36. The molecule has 1 fully saturated rings. The second kappa shape index (κ2) is 9.29. The molecule has 1 amide bonds. The number of benzene rings is 1. The SMILES string of the molecule is CCCc1nc(NC(=O)c2ccccc2)nc(N2CCOCC2)n1.Cl. The van der Waals surface area contributed by atoms with Crippen molar-refractivity contribution in [1.82, 2.24) is 15.0 Å². The minimum absolute atomic E-state index is 0. The first-order chi connectivity index (χ1) is 11.8. The number of nitrogens with one attached hydrogen (secondary N) is 1. The van der Waals surface area contributed by atoms with E-state index in [0.29, 0.717) is 36.5 Å². The van der Waals surface area contributed by atoms with Crippen LogP contribution >= 0.6 is 12.4 Å². The monoisotopic (exact) mass is 363 g/mol. The average Bonchev–Trinajstić information content (AvgIpc) is 2.63. The first-order valence-electron chi connectivity index (χ1n) is 8.20. The third-order valence-corrected chi connectivity index (χ3v) is 3.70. The van der Waals surface area contributed by atoms with E-state index in [9.17, 15) is 4.79 Å². The van der Waals surface area contributed by atoms with E-state index in [-0.39, 0.29) is 18.3 Å². The number of rotatable bonds is 5. The molecule has 1 aromatic carbocycles. The van der Waals surface area contributed by atoms with Gasteiger partial charge in [-0.25, -0.2) is 0 Å². The smallest absolute Gasteiger partial charge is 0.258 e. The van der Waals surface area contributed by atoms with Gasteiger partial charge in [0.1, 0.15) is 5.82 Å². The van der Waals surface area contributed by atoms with Crippen LogP contribution in [-0.4, -0.2) is 47.2 Å². The zero-order valence-corrected chi connectivity index (χ0v) is 15.0. The summed E-state index contributed by atoms with van der Waals surface area (Å²) in [6, 6.07) is 9.03. The van der Waals surface area contributed by atoms with Crippen LogP contribution in [-0.2, 0) is 11.2 Å². The van der Waals surface area contributed by atoms with Crippen LogP contribution in [0.25, 0.3) is 0 Å². The summed E-state index contributed by atoms with van der Waals surface area (Å²) in [5.41, 5.74) is 0.572. The van der Waals surface area contributed by atoms with Gasteiger partial charge in [-0.2, -0.15) is 15.0 Å². The van der Waals surface area contributed by atoms with Crippen LogP contribution in [0.5, 0.6) is 0 Å². The Bertz CT molecular complexity index is 693. The van der Waals surface area contributed by atoms with Gasteiger partial charge in [-0.05, 0) is 18.6 Å². The number of aromatic nitrogens is 3. The molecule has 0 spiro atoms. The van der Waals surface area contributed by atoms with Crippen LogP contribution in [0.3, 0.4) is 0 Å². The molecule has 134 valence electrons. The highest BCUT2D eigenvalue weighted by molar-refractivity contribution is 6.03. The highest BCUT2D eigenvalue weighted by Crippen LogP contribution is 2.14. The molecule has 1 aliphatic heterocycles. The van der Waals surface area contributed by atoms with E-state index in [0.717, 1.165) is 25.9 Å². The van der Waals surface area contributed by atoms with Gasteiger partial charge in [0, 0.05) is 25.1 Å². The number of ether oxygens (including phenoxy) is 1. The average molecular weight is 364 g/mol. The number of morpholine rings is 1. The molecule has 0 bridgehead atoms. The largest absolute Gasteiger partial charge is 0.378 e. The summed E-state index contributed by atoms with van der Waals surface area (Å²) in [4.78, 5) is 27.7. The molecule has 3 rings (SSSR count). The summed E-state index contributed by atoms with van der Waals surface area (Å²) >= 11 is 0. The van der Waals surface area contributed by atoms with E-state index in [1.807, 2.05) is 18.2 Å². The number of carbonyl (C=O) groups is 1. The lowest BCUT2D eigenvalue weighted by Gasteiger charge is -2.27. The standard InChI is InChI=1S/C17H21N5O2.ClH/c1-2-6-14-18-16(20-15(23)13-7-4-3-5-8-13)21-17(19-14)22-9-11-24-12-10-22;/h3-5,7-8H,2,6,9-12H2,1H3,(H,18,19,20,21,23);1H. The van der Waals surface area contributed by atoms with E-state index >= 15 is 0 Å². The molecule has 1 aromatic heterocycles. The van der Waals surface area contributed by atoms with E-state index in [4.69, 9.17) is 4.74 Å². The number of hydrogen-bond acceptors (Lipinski definition) is 6. The molecule has 0 saturated carbocycles. The lowest BCUT2D eigenvalue weighted by atomic mass is 10.2. The Morgan fingerprint density at radius 1 is 1.16 bits per heavy atom. The first kappa shape index (κ1) is 19.1. The van der Waals surface area contributed by atoms with Gasteiger partial charge in [-0.3, -0.25) is 10.1 Å². The zero-order valence-electron chi connectivity index (χ0n) is 14.1. The highest BCUT2D eigenvalue weighted by atomic mass is 35.5. The number of aryl methyl sites for hydroxylation is 1. The maximum Gasteiger partial charge on any atom is 0.258 e. The molecular formula is C17H22ClN5O2.